The Morgan fingerprint density at radius 2 is 1.78 bits per heavy atom. The van der Waals surface area contributed by atoms with Gasteiger partial charge in [0, 0.05) is 66.3 Å². The molecular weight excluding hydrogens is 405 g/mol. The van der Waals surface area contributed by atoms with Gasteiger partial charge in [-0.2, -0.15) is 0 Å². The molecule has 2 rings (SSSR count). The van der Waals surface area contributed by atoms with Crippen LogP contribution < -0.4 is 5.32 Å². The van der Waals surface area contributed by atoms with Crippen LogP contribution in [0.2, 0.25) is 0 Å². The molecule has 7 heteroatoms. The molecule has 2 aliphatic rings. The molecule has 0 radical (unpaired) electrons. The summed E-state index contributed by atoms with van der Waals surface area (Å²) < 4.78 is 0. The predicted octanol–water partition coefficient (Wildman–Crippen LogP) is 1.08. The van der Waals surface area contributed by atoms with Crippen LogP contribution in [0.15, 0.2) is 4.99 Å². The van der Waals surface area contributed by atoms with E-state index in [1.165, 1.54) is 6.42 Å². The SMILES string of the molecule is CN=C(NCCN1CCN(C(C)=O)CC1)N1CCC(C)(C)C1.I. The molecule has 23 heavy (non-hydrogen) atoms. The van der Waals surface area contributed by atoms with E-state index in [-0.39, 0.29) is 29.9 Å². The lowest BCUT2D eigenvalue weighted by Gasteiger charge is -2.34. The summed E-state index contributed by atoms with van der Waals surface area (Å²) in [5.74, 6) is 1.21. The number of carbonyl (C=O) groups is 1. The van der Waals surface area contributed by atoms with E-state index in [1.54, 1.807) is 6.92 Å². The topological polar surface area (TPSA) is 51.2 Å². The van der Waals surface area contributed by atoms with E-state index in [2.05, 4.69) is 34.0 Å². The Bertz CT molecular complexity index is 419. The molecule has 2 heterocycles. The monoisotopic (exact) mass is 437 g/mol. The first-order valence-corrected chi connectivity index (χ1v) is 8.35. The highest BCUT2D eigenvalue weighted by atomic mass is 127. The van der Waals surface area contributed by atoms with Gasteiger partial charge in [0.1, 0.15) is 0 Å². The zero-order valence-corrected chi connectivity index (χ0v) is 17.3. The van der Waals surface area contributed by atoms with Crippen LogP contribution in [-0.2, 0) is 4.79 Å². The molecule has 0 saturated carbocycles. The van der Waals surface area contributed by atoms with Crippen molar-refractivity contribution in [3.63, 3.8) is 0 Å². The third-order valence-electron chi connectivity index (χ3n) is 4.72. The van der Waals surface area contributed by atoms with Crippen molar-refractivity contribution in [1.29, 1.82) is 0 Å². The number of amides is 1. The van der Waals surface area contributed by atoms with Crippen molar-refractivity contribution in [2.45, 2.75) is 27.2 Å². The van der Waals surface area contributed by atoms with Gasteiger partial charge in [-0.15, -0.1) is 24.0 Å². The number of piperazine rings is 1. The van der Waals surface area contributed by atoms with Crippen molar-refractivity contribution in [2.75, 3.05) is 59.4 Å². The Labute approximate surface area is 157 Å². The van der Waals surface area contributed by atoms with Crippen molar-refractivity contribution < 1.29 is 4.79 Å². The smallest absolute Gasteiger partial charge is 0.219 e. The summed E-state index contributed by atoms with van der Waals surface area (Å²) in [5, 5.41) is 3.48. The summed E-state index contributed by atoms with van der Waals surface area (Å²) in [6.45, 7) is 14.0. The normalized spacial score (nSPS) is 22.0. The molecule has 0 aromatic heterocycles. The number of likely N-dealkylation sites (tertiary alicyclic amines) is 1. The fraction of sp³-hybridized carbons (Fsp3) is 0.875. The maximum atomic E-state index is 11.3. The maximum absolute atomic E-state index is 11.3. The van der Waals surface area contributed by atoms with E-state index in [0.717, 1.165) is 58.3 Å². The predicted molar refractivity (Wildman–Crippen MR) is 105 cm³/mol. The molecule has 0 spiro atoms. The van der Waals surface area contributed by atoms with E-state index in [9.17, 15) is 4.79 Å². The van der Waals surface area contributed by atoms with E-state index in [4.69, 9.17) is 0 Å². The zero-order valence-electron chi connectivity index (χ0n) is 15.0. The fourth-order valence-corrected chi connectivity index (χ4v) is 3.24. The molecule has 134 valence electrons. The van der Waals surface area contributed by atoms with E-state index in [1.807, 2.05) is 11.9 Å². The third kappa shape index (κ3) is 6.10. The number of rotatable bonds is 3. The van der Waals surface area contributed by atoms with Gasteiger partial charge >= 0.3 is 0 Å². The van der Waals surface area contributed by atoms with Crippen LogP contribution >= 0.6 is 24.0 Å². The molecular formula is C16H32IN5O. The minimum absolute atomic E-state index is 0. The molecule has 2 aliphatic heterocycles. The summed E-state index contributed by atoms with van der Waals surface area (Å²) in [6, 6.07) is 0. The molecule has 2 fully saturated rings. The standard InChI is InChI=1S/C16H31N5O.HI/c1-14(22)20-11-9-19(10-12-20)8-6-18-15(17-4)21-7-5-16(2,3)13-21;/h5-13H2,1-4H3,(H,17,18);1H. The van der Waals surface area contributed by atoms with E-state index >= 15 is 0 Å². The Kier molecular flexibility index (Phi) is 8.06. The molecule has 2 saturated heterocycles. The van der Waals surface area contributed by atoms with Crippen molar-refractivity contribution >= 4 is 35.8 Å². The third-order valence-corrected chi connectivity index (χ3v) is 4.72. The number of hydrogen-bond donors (Lipinski definition) is 1. The minimum atomic E-state index is 0. The highest BCUT2D eigenvalue weighted by Gasteiger charge is 2.30. The molecule has 0 bridgehead atoms. The summed E-state index contributed by atoms with van der Waals surface area (Å²) in [5.41, 5.74) is 0.390. The number of hydrogen-bond acceptors (Lipinski definition) is 3. The van der Waals surface area contributed by atoms with Crippen LogP contribution in [0.1, 0.15) is 27.2 Å². The number of carbonyl (C=O) groups excluding carboxylic acids is 1. The van der Waals surface area contributed by atoms with Crippen LogP contribution in [0, 0.1) is 5.41 Å². The Morgan fingerprint density at radius 3 is 2.26 bits per heavy atom. The molecule has 0 aromatic rings. The van der Waals surface area contributed by atoms with Gasteiger partial charge in [-0.3, -0.25) is 14.7 Å². The highest BCUT2D eigenvalue weighted by Crippen LogP contribution is 2.28. The number of guanidine groups is 1. The molecule has 0 aromatic carbocycles. The largest absolute Gasteiger partial charge is 0.355 e. The second-order valence-electron chi connectivity index (χ2n) is 7.16. The lowest BCUT2D eigenvalue weighted by molar-refractivity contribution is -0.130. The van der Waals surface area contributed by atoms with Crippen LogP contribution in [0.5, 0.6) is 0 Å². The summed E-state index contributed by atoms with van der Waals surface area (Å²) >= 11 is 0. The Balaban J connectivity index is 0.00000264. The van der Waals surface area contributed by atoms with Crippen LogP contribution in [-0.4, -0.2) is 86.0 Å². The number of aliphatic imine (C=N–C) groups is 1. The van der Waals surface area contributed by atoms with Crippen LogP contribution in [0.3, 0.4) is 0 Å². The second kappa shape index (κ2) is 9.05. The first-order chi connectivity index (χ1) is 10.4. The molecule has 0 atom stereocenters. The minimum Gasteiger partial charge on any atom is -0.355 e. The quantitative estimate of drug-likeness (QED) is 0.408. The summed E-state index contributed by atoms with van der Waals surface area (Å²) in [7, 11) is 1.86. The number of halogens is 1. The average molecular weight is 437 g/mol. The Hall–Kier alpha value is -0.570. The Morgan fingerprint density at radius 1 is 1.13 bits per heavy atom. The summed E-state index contributed by atoms with van der Waals surface area (Å²) in [4.78, 5) is 22.4. The van der Waals surface area contributed by atoms with Crippen molar-refractivity contribution in [2.24, 2.45) is 10.4 Å². The molecule has 0 aliphatic carbocycles. The first-order valence-electron chi connectivity index (χ1n) is 8.35. The highest BCUT2D eigenvalue weighted by molar-refractivity contribution is 14.0. The van der Waals surface area contributed by atoms with Crippen molar-refractivity contribution in [3.8, 4) is 0 Å². The molecule has 1 N–H and O–H groups in total. The zero-order chi connectivity index (χ0) is 16.2. The van der Waals surface area contributed by atoms with Gasteiger partial charge in [-0.05, 0) is 11.8 Å². The van der Waals surface area contributed by atoms with Crippen molar-refractivity contribution in [3.05, 3.63) is 0 Å². The van der Waals surface area contributed by atoms with Gasteiger partial charge in [0.25, 0.3) is 0 Å². The maximum Gasteiger partial charge on any atom is 0.219 e. The van der Waals surface area contributed by atoms with Gasteiger partial charge in [0.2, 0.25) is 5.91 Å². The van der Waals surface area contributed by atoms with E-state index < -0.39 is 0 Å². The van der Waals surface area contributed by atoms with Gasteiger partial charge in [-0.25, -0.2) is 0 Å². The van der Waals surface area contributed by atoms with E-state index in [0.29, 0.717) is 5.41 Å². The van der Waals surface area contributed by atoms with Crippen LogP contribution in [0.4, 0.5) is 0 Å². The lowest BCUT2D eigenvalue weighted by Crippen LogP contribution is -2.50. The molecule has 6 nitrogen and oxygen atoms in total. The van der Waals surface area contributed by atoms with Crippen molar-refractivity contribution in [1.82, 2.24) is 20.0 Å². The average Bonchev–Trinajstić information content (AvgIpc) is 2.84. The van der Waals surface area contributed by atoms with Crippen LogP contribution in [0.25, 0.3) is 0 Å². The van der Waals surface area contributed by atoms with Gasteiger partial charge < -0.3 is 15.1 Å². The number of nitrogens with zero attached hydrogens (tertiary/aromatic N) is 4. The molecule has 0 unspecified atom stereocenters. The van der Waals surface area contributed by atoms with Gasteiger partial charge in [-0.1, -0.05) is 13.8 Å². The lowest BCUT2D eigenvalue weighted by atomic mass is 9.93. The second-order valence-corrected chi connectivity index (χ2v) is 7.16. The molecule has 1 amide bonds. The van der Waals surface area contributed by atoms with Gasteiger partial charge in [0.15, 0.2) is 5.96 Å². The number of nitrogens with one attached hydrogen (secondary N) is 1. The fourth-order valence-electron chi connectivity index (χ4n) is 3.24. The van der Waals surface area contributed by atoms with Gasteiger partial charge in [0.05, 0.1) is 0 Å². The summed E-state index contributed by atoms with van der Waals surface area (Å²) in [6.07, 6.45) is 1.22. The first kappa shape index (κ1) is 20.5.